The van der Waals surface area contributed by atoms with Gasteiger partial charge in [-0.25, -0.2) is 9.97 Å². The average Bonchev–Trinajstić information content (AvgIpc) is 2.04. The molecule has 1 unspecified atom stereocenters. The Labute approximate surface area is 72.2 Å². The van der Waals surface area contributed by atoms with Crippen LogP contribution in [0.25, 0.3) is 0 Å². The lowest BCUT2D eigenvalue weighted by Gasteiger charge is -2.11. The Morgan fingerprint density at radius 2 is 2.33 bits per heavy atom. The van der Waals surface area contributed by atoms with Gasteiger partial charge in [-0.15, -0.1) is 0 Å². The van der Waals surface area contributed by atoms with Crippen LogP contribution in [0, 0.1) is 6.92 Å². The Kier molecular flexibility index (Phi) is 2.99. The lowest BCUT2D eigenvalue weighted by Crippen LogP contribution is -2.25. The fourth-order valence-electron chi connectivity index (χ4n) is 0.845. The highest BCUT2D eigenvalue weighted by atomic mass is 15.0. The molecule has 1 heterocycles. The monoisotopic (exact) mass is 166 g/mol. The number of hydrogen-bond donors (Lipinski definition) is 2. The van der Waals surface area contributed by atoms with Crippen molar-refractivity contribution in [2.75, 3.05) is 11.9 Å². The van der Waals surface area contributed by atoms with E-state index in [4.69, 9.17) is 5.73 Å². The van der Waals surface area contributed by atoms with Crippen molar-refractivity contribution in [3.63, 3.8) is 0 Å². The van der Waals surface area contributed by atoms with Crippen molar-refractivity contribution >= 4 is 5.82 Å². The first-order valence-corrected chi connectivity index (χ1v) is 3.97. The van der Waals surface area contributed by atoms with Gasteiger partial charge in [-0.3, -0.25) is 0 Å². The first-order chi connectivity index (χ1) is 5.72. The summed E-state index contributed by atoms with van der Waals surface area (Å²) in [5.41, 5.74) is 6.41. The van der Waals surface area contributed by atoms with E-state index >= 15 is 0 Å². The lowest BCUT2D eigenvalue weighted by molar-refractivity contribution is 0.796. The lowest BCUT2D eigenvalue weighted by atomic mass is 10.3. The molecule has 1 atom stereocenters. The fraction of sp³-hybridized carbons (Fsp3) is 0.500. The highest BCUT2D eigenvalue weighted by Crippen LogP contribution is 2.03. The molecule has 0 aromatic carbocycles. The molecule has 0 radical (unpaired) electrons. The van der Waals surface area contributed by atoms with Crippen LogP contribution in [0.1, 0.15) is 12.6 Å². The molecular weight excluding hydrogens is 152 g/mol. The van der Waals surface area contributed by atoms with Crippen molar-refractivity contribution in [3.05, 3.63) is 18.1 Å². The molecule has 0 saturated carbocycles. The van der Waals surface area contributed by atoms with Crippen LogP contribution >= 0.6 is 0 Å². The topological polar surface area (TPSA) is 63.8 Å². The van der Waals surface area contributed by atoms with E-state index in [-0.39, 0.29) is 6.04 Å². The molecule has 1 aromatic heterocycles. The van der Waals surface area contributed by atoms with Crippen LogP contribution in [0.5, 0.6) is 0 Å². The standard InChI is InChI=1S/C8H14N4/c1-6-3-8(11-5-10-6)12-7(2)4-9/h3,5,7H,4,9H2,1-2H3,(H,10,11,12). The van der Waals surface area contributed by atoms with Crippen LogP contribution in [0.3, 0.4) is 0 Å². The first kappa shape index (κ1) is 8.93. The molecule has 1 rings (SSSR count). The second-order valence-electron chi connectivity index (χ2n) is 2.83. The van der Waals surface area contributed by atoms with E-state index in [9.17, 15) is 0 Å². The number of nitrogens with two attached hydrogens (primary N) is 1. The van der Waals surface area contributed by atoms with Gasteiger partial charge < -0.3 is 11.1 Å². The van der Waals surface area contributed by atoms with Crippen molar-refractivity contribution in [1.82, 2.24) is 9.97 Å². The fourth-order valence-corrected chi connectivity index (χ4v) is 0.845. The molecule has 0 fully saturated rings. The average molecular weight is 166 g/mol. The smallest absolute Gasteiger partial charge is 0.129 e. The number of nitrogens with zero attached hydrogens (tertiary/aromatic N) is 2. The summed E-state index contributed by atoms with van der Waals surface area (Å²) in [5.74, 6) is 0.834. The van der Waals surface area contributed by atoms with Gasteiger partial charge in [0.1, 0.15) is 12.1 Å². The second kappa shape index (κ2) is 4.01. The highest BCUT2D eigenvalue weighted by molar-refractivity contribution is 5.35. The molecule has 66 valence electrons. The minimum Gasteiger partial charge on any atom is -0.366 e. The molecule has 0 aliphatic carbocycles. The van der Waals surface area contributed by atoms with Gasteiger partial charge in [-0.05, 0) is 13.8 Å². The second-order valence-corrected chi connectivity index (χ2v) is 2.83. The van der Waals surface area contributed by atoms with E-state index in [1.54, 1.807) is 6.33 Å². The molecule has 4 heteroatoms. The molecule has 0 bridgehead atoms. The number of rotatable bonds is 3. The van der Waals surface area contributed by atoms with E-state index in [0.29, 0.717) is 6.54 Å². The molecular formula is C8H14N4. The van der Waals surface area contributed by atoms with Crippen LogP contribution in [-0.2, 0) is 0 Å². The zero-order valence-electron chi connectivity index (χ0n) is 7.41. The third kappa shape index (κ3) is 2.47. The normalized spacial score (nSPS) is 12.6. The molecule has 3 N–H and O–H groups in total. The maximum atomic E-state index is 5.45. The summed E-state index contributed by atoms with van der Waals surface area (Å²) < 4.78 is 0. The third-order valence-corrected chi connectivity index (χ3v) is 1.55. The summed E-state index contributed by atoms with van der Waals surface area (Å²) in [5, 5.41) is 3.16. The quantitative estimate of drug-likeness (QED) is 0.688. The van der Waals surface area contributed by atoms with Crippen molar-refractivity contribution in [2.24, 2.45) is 5.73 Å². The summed E-state index contributed by atoms with van der Waals surface area (Å²) in [4.78, 5) is 8.04. The van der Waals surface area contributed by atoms with Crippen molar-refractivity contribution in [3.8, 4) is 0 Å². The number of aromatic nitrogens is 2. The van der Waals surface area contributed by atoms with Crippen LogP contribution in [0.15, 0.2) is 12.4 Å². The summed E-state index contributed by atoms with van der Waals surface area (Å²) in [6.07, 6.45) is 1.54. The summed E-state index contributed by atoms with van der Waals surface area (Å²) in [6, 6.07) is 2.14. The predicted molar refractivity (Wildman–Crippen MR) is 48.9 cm³/mol. The Balaban J connectivity index is 2.63. The molecule has 1 aromatic rings. The maximum absolute atomic E-state index is 5.45. The summed E-state index contributed by atoms with van der Waals surface area (Å²) in [7, 11) is 0. The summed E-state index contributed by atoms with van der Waals surface area (Å²) in [6.45, 7) is 4.54. The van der Waals surface area contributed by atoms with E-state index in [0.717, 1.165) is 11.5 Å². The van der Waals surface area contributed by atoms with Gasteiger partial charge in [-0.1, -0.05) is 0 Å². The Hall–Kier alpha value is -1.16. The molecule has 12 heavy (non-hydrogen) atoms. The van der Waals surface area contributed by atoms with Crippen molar-refractivity contribution < 1.29 is 0 Å². The first-order valence-electron chi connectivity index (χ1n) is 3.97. The molecule has 0 aliphatic rings. The molecule has 4 nitrogen and oxygen atoms in total. The SMILES string of the molecule is Cc1cc(NC(C)CN)ncn1. The predicted octanol–water partition coefficient (Wildman–Crippen LogP) is 0.544. The van der Waals surface area contributed by atoms with Gasteiger partial charge in [0.2, 0.25) is 0 Å². The van der Waals surface area contributed by atoms with Gasteiger partial charge in [0, 0.05) is 24.3 Å². The molecule has 0 saturated heterocycles. The summed E-state index contributed by atoms with van der Waals surface area (Å²) >= 11 is 0. The minimum absolute atomic E-state index is 0.249. The Morgan fingerprint density at radius 1 is 1.58 bits per heavy atom. The van der Waals surface area contributed by atoms with Gasteiger partial charge in [0.25, 0.3) is 0 Å². The number of hydrogen-bond acceptors (Lipinski definition) is 4. The zero-order chi connectivity index (χ0) is 8.97. The van der Waals surface area contributed by atoms with E-state index < -0.39 is 0 Å². The van der Waals surface area contributed by atoms with Gasteiger partial charge in [-0.2, -0.15) is 0 Å². The van der Waals surface area contributed by atoms with Crippen LogP contribution in [0.4, 0.5) is 5.82 Å². The molecule has 0 spiro atoms. The molecule has 0 aliphatic heterocycles. The number of anilines is 1. The van der Waals surface area contributed by atoms with Gasteiger partial charge in [0.05, 0.1) is 0 Å². The van der Waals surface area contributed by atoms with Crippen molar-refractivity contribution in [2.45, 2.75) is 19.9 Å². The van der Waals surface area contributed by atoms with E-state index in [2.05, 4.69) is 15.3 Å². The number of aryl methyl sites for hydroxylation is 1. The van der Waals surface area contributed by atoms with Gasteiger partial charge >= 0.3 is 0 Å². The highest BCUT2D eigenvalue weighted by Gasteiger charge is 1.99. The van der Waals surface area contributed by atoms with Crippen LogP contribution < -0.4 is 11.1 Å². The minimum atomic E-state index is 0.249. The van der Waals surface area contributed by atoms with Crippen LogP contribution in [-0.4, -0.2) is 22.6 Å². The molecule has 0 amide bonds. The maximum Gasteiger partial charge on any atom is 0.129 e. The van der Waals surface area contributed by atoms with Crippen molar-refractivity contribution in [1.29, 1.82) is 0 Å². The zero-order valence-corrected chi connectivity index (χ0v) is 7.41. The van der Waals surface area contributed by atoms with Gasteiger partial charge in [0.15, 0.2) is 0 Å². The van der Waals surface area contributed by atoms with E-state index in [1.807, 2.05) is 19.9 Å². The van der Waals surface area contributed by atoms with E-state index in [1.165, 1.54) is 0 Å². The largest absolute Gasteiger partial charge is 0.366 e. The third-order valence-electron chi connectivity index (χ3n) is 1.55. The van der Waals surface area contributed by atoms with Crippen LogP contribution in [0.2, 0.25) is 0 Å². The Morgan fingerprint density at radius 3 is 2.92 bits per heavy atom. The number of nitrogens with one attached hydrogen (secondary N) is 1. The Bertz CT molecular complexity index is 249.